The molecule has 0 unspecified atom stereocenters. The summed E-state index contributed by atoms with van der Waals surface area (Å²) in [5.74, 6) is 1.75. The van der Waals surface area contributed by atoms with Crippen LogP contribution in [0.1, 0.15) is 45.1 Å². The Kier molecular flexibility index (Phi) is 3.66. The van der Waals surface area contributed by atoms with E-state index in [1.54, 1.807) is 0 Å². The summed E-state index contributed by atoms with van der Waals surface area (Å²) >= 11 is 0. The van der Waals surface area contributed by atoms with Crippen LogP contribution in [0.15, 0.2) is 6.07 Å². The van der Waals surface area contributed by atoms with E-state index >= 15 is 0 Å². The second-order valence-electron chi connectivity index (χ2n) is 4.70. The third-order valence-electron chi connectivity index (χ3n) is 2.31. The van der Waals surface area contributed by atoms with E-state index in [-0.39, 0.29) is 5.54 Å². The predicted molar refractivity (Wildman–Crippen MR) is 64.1 cm³/mol. The summed E-state index contributed by atoms with van der Waals surface area (Å²) in [6.07, 6.45) is 2.30. The molecule has 0 aliphatic carbocycles. The van der Waals surface area contributed by atoms with Crippen LogP contribution >= 0.6 is 0 Å². The number of nitrogens with zero attached hydrogens (tertiary/aromatic N) is 2. The van der Waals surface area contributed by atoms with Crippen LogP contribution in [-0.4, -0.2) is 15.5 Å². The molecular formula is C12H21N3. The lowest BCUT2D eigenvalue weighted by atomic mass is 9.99. The van der Waals surface area contributed by atoms with Crippen LogP contribution in [-0.2, 0) is 0 Å². The van der Waals surface area contributed by atoms with Crippen molar-refractivity contribution in [2.24, 2.45) is 0 Å². The first-order valence-corrected chi connectivity index (χ1v) is 5.53. The van der Waals surface area contributed by atoms with Gasteiger partial charge in [0.2, 0.25) is 0 Å². The summed E-state index contributed by atoms with van der Waals surface area (Å²) in [7, 11) is 0. The average molecular weight is 207 g/mol. The standard InChI is InChI=1S/C12H21N3/c1-6-7-12(4,5)15-11-8-9(2)13-10(3)14-11/h8H,6-7H2,1-5H3,(H,13,14,15). The molecule has 0 radical (unpaired) electrons. The molecule has 1 aromatic rings. The molecule has 84 valence electrons. The molecular weight excluding hydrogens is 186 g/mol. The quantitative estimate of drug-likeness (QED) is 0.824. The normalized spacial score (nSPS) is 11.5. The third-order valence-corrected chi connectivity index (χ3v) is 2.31. The Morgan fingerprint density at radius 1 is 1.27 bits per heavy atom. The largest absolute Gasteiger partial charge is 0.365 e. The van der Waals surface area contributed by atoms with Crippen molar-refractivity contribution in [1.29, 1.82) is 0 Å². The van der Waals surface area contributed by atoms with Crippen molar-refractivity contribution in [3.8, 4) is 0 Å². The van der Waals surface area contributed by atoms with E-state index in [0.717, 1.165) is 23.8 Å². The molecule has 0 fully saturated rings. The summed E-state index contributed by atoms with van der Waals surface area (Å²) in [4.78, 5) is 8.64. The van der Waals surface area contributed by atoms with Crippen molar-refractivity contribution < 1.29 is 0 Å². The third kappa shape index (κ3) is 3.86. The van der Waals surface area contributed by atoms with Gasteiger partial charge in [-0.1, -0.05) is 13.3 Å². The molecule has 1 N–H and O–H groups in total. The number of anilines is 1. The first-order valence-electron chi connectivity index (χ1n) is 5.53. The lowest BCUT2D eigenvalue weighted by Crippen LogP contribution is -2.31. The van der Waals surface area contributed by atoms with Crippen molar-refractivity contribution in [1.82, 2.24) is 9.97 Å². The second-order valence-corrected chi connectivity index (χ2v) is 4.70. The van der Waals surface area contributed by atoms with Gasteiger partial charge in [0.1, 0.15) is 11.6 Å². The summed E-state index contributed by atoms with van der Waals surface area (Å²) in [5.41, 5.74) is 1.11. The molecule has 15 heavy (non-hydrogen) atoms. The Hall–Kier alpha value is -1.12. The van der Waals surface area contributed by atoms with E-state index in [1.807, 2.05) is 19.9 Å². The van der Waals surface area contributed by atoms with Crippen molar-refractivity contribution in [3.63, 3.8) is 0 Å². The van der Waals surface area contributed by atoms with Gasteiger partial charge in [0.15, 0.2) is 0 Å². The highest BCUT2D eigenvalue weighted by Crippen LogP contribution is 2.18. The zero-order chi connectivity index (χ0) is 11.5. The molecule has 0 atom stereocenters. The van der Waals surface area contributed by atoms with E-state index in [9.17, 15) is 0 Å². The van der Waals surface area contributed by atoms with E-state index < -0.39 is 0 Å². The zero-order valence-corrected chi connectivity index (χ0v) is 10.4. The molecule has 0 bridgehead atoms. The Labute approximate surface area is 92.3 Å². The number of rotatable bonds is 4. The van der Waals surface area contributed by atoms with Crippen LogP contribution in [0.5, 0.6) is 0 Å². The maximum absolute atomic E-state index is 4.38. The smallest absolute Gasteiger partial charge is 0.130 e. The van der Waals surface area contributed by atoms with E-state index in [4.69, 9.17) is 0 Å². The monoisotopic (exact) mass is 207 g/mol. The molecule has 0 spiro atoms. The number of nitrogens with one attached hydrogen (secondary N) is 1. The Bertz CT molecular complexity index is 311. The molecule has 3 nitrogen and oxygen atoms in total. The molecule has 1 aromatic heterocycles. The molecule has 1 heterocycles. The maximum Gasteiger partial charge on any atom is 0.130 e. The number of aromatic nitrogens is 2. The molecule has 0 amide bonds. The van der Waals surface area contributed by atoms with Gasteiger partial charge in [-0.25, -0.2) is 9.97 Å². The minimum absolute atomic E-state index is 0.0992. The fourth-order valence-electron chi connectivity index (χ4n) is 1.82. The highest BCUT2D eigenvalue weighted by atomic mass is 15.1. The van der Waals surface area contributed by atoms with Gasteiger partial charge >= 0.3 is 0 Å². The summed E-state index contributed by atoms with van der Waals surface area (Å²) < 4.78 is 0. The van der Waals surface area contributed by atoms with Crippen LogP contribution in [0.3, 0.4) is 0 Å². The molecule has 0 saturated heterocycles. The second kappa shape index (κ2) is 4.60. The molecule has 1 rings (SSSR count). The fourth-order valence-corrected chi connectivity index (χ4v) is 1.82. The van der Waals surface area contributed by atoms with Gasteiger partial charge in [0, 0.05) is 17.3 Å². The Morgan fingerprint density at radius 2 is 1.93 bits per heavy atom. The van der Waals surface area contributed by atoms with Gasteiger partial charge in [-0.3, -0.25) is 0 Å². The predicted octanol–water partition coefficient (Wildman–Crippen LogP) is 3.08. The summed E-state index contributed by atoms with van der Waals surface area (Å²) in [6.45, 7) is 10.5. The zero-order valence-electron chi connectivity index (χ0n) is 10.4. The summed E-state index contributed by atoms with van der Waals surface area (Å²) in [5, 5.41) is 3.45. The SMILES string of the molecule is CCCC(C)(C)Nc1cc(C)nc(C)n1. The number of aryl methyl sites for hydroxylation is 2. The summed E-state index contributed by atoms with van der Waals surface area (Å²) in [6, 6.07) is 1.99. The van der Waals surface area contributed by atoms with Crippen molar-refractivity contribution >= 4 is 5.82 Å². The topological polar surface area (TPSA) is 37.8 Å². The van der Waals surface area contributed by atoms with E-state index in [0.29, 0.717) is 0 Å². The van der Waals surface area contributed by atoms with E-state index in [1.165, 1.54) is 6.42 Å². The van der Waals surface area contributed by atoms with Crippen LogP contribution in [0, 0.1) is 13.8 Å². The lowest BCUT2D eigenvalue weighted by molar-refractivity contribution is 0.508. The van der Waals surface area contributed by atoms with Crippen molar-refractivity contribution in [3.05, 3.63) is 17.6 Å². The van der Waals surface area contributed by atoms with Gasteiger partial charge in [-0.05, 0) is 34.1 Å². The Morgan fingerprint density at radius 3 is 2.47 bits per heavy atom. The van der Waals surface area contributed by atoms with Crippen LogP contribution < -0.4 is 5.32 Å². The van der Waals surface area contributed by atoms with E-state index in [2.05, 4.69) is 36.1 Å². The van der Waals surface area contributed by atoms with Gasteiger partial charge in [0.25, 0.3) is 0 Å². The highest BCUT2D eigenvalue weighted by molar-refractivity contribution is 5.38. The lowest BCUT2D eigenvalue weighted by Gasteiger charge is -2.26. The van der Waals surface area contributed by atoms with Crippen LogP contribution in [0.2, 0.25) is 0 Å². The molecule has 3 heteroatoms. The minimum Gasteiger partial charge on any atom is -0.365 e. The molecule has 0 saturated carbocycles. The minimum atomic E-state index is 0.0992. The van der Waals surface area contributed by atoms with Crippen LogP contribution in [0.4, 0.5) is 5.82 Å². The van der Waals surface area contributed by atoms with Crippen molar-refractivity contribution in [2.45, 2.75) is 53.0 Å². The van der Waals surface area contributed by atoms with Gasteiger partial charge in [-0.2, -0.15) is 0 Å². The average Bonchev–Trinajstić information content (AvgIpc) is 1.99. The molecule has 0 aromatic carbocycles. The maximum atomic E-state index is 4.38. The molecule has 0 aliphatic rings. The Balaban J connectivity index is 2.80. The first kappa shape index (κ1) is 12.0. The molecule has 0 aliphatic heterocycles. The number of hydrogen-bond acceptors (Lipinski definition) is 3. The van der Waals surface area contributed by atoms with Crippen molar-refractivity contribution in [2.75, 3.05) is 5.32 Å². The van der Waals surface area contributed by atoms with Crippen LogP contribution in [0.25, 0.3) is 0 Å². The van der Waals surface area contributed by atoms with Gasteiger partial charge in [-0.15, -0.1) is 0 Å². The first-order chi connectivity index (χ1) is 6.93. The number of hydrogen-bond donors (Lipinski definition) is 1. The highest BCUT2D eigenvalue weighted by Gasteiger charge is 2.16. The fraction of sp³-hybridized carbons (Fsp3) is 0.667. The van der Waals surface area contributed by atoms with Gasteiger partial charge < -0.3 is 5.32 Å². The van der Waals surface area contributed by atoms with Gasteiger partial charge in [0.05, 0.1) is 0 Å².